The second-order valence-corrected chi connectivity index (χ2v) is 4.57. The van der Waals surface area contributed by atoms with Gasteiger partial charge in [0.2, 0.25) is 5.95 Å². The number of benzene rings is 2. The molecule has 0 aliphatic carbocycles. The summed E-state index contributed by atoms with van der Waals surface area (Å²) < 4.78 is 0.906. The molecular formula is C15H14N6O. The zero-order valence-electron chi connectivity index (χ0n) is 11.6. The fourth-order valence-corrected chi connectivity index (χ4v) is 1.89. The highest BCUT2D eigenvalue weighted by Gasteiger charge is 2.03. The Morgan fingerprint density at radius 1 is 0.864 bits per heavy atom. The quantitative estimate of drug-likeness (QED) is 0.635. The third-order valence-electron chi connectivity index (χ3n) is 2.99. The molecular weight excluding hydrogens is 280 g/mol. The van der Waals surface area contributed by atoms with E-state index in [0.717, 1.165) is 27.9 Å². The van der Waals surface area contributed by atoms with Crippen LogP contribution in [0.4, 0.5) is 23.0 Å². The second-order valence-electron chi connectivity index (χ2n) is 4.57. The van der Waals surface area contributed by atoms with Gasteiger partial charge >= 0.3 is 0 Å². The fourth-order valence-electron chi connectivity index (χ4n) is 1.89. The van der Waals surface area contributed by atoms with Crippen LogP contribution in [0.3, 0.4) is 0 Å². The zero-order valence-corrected chi connectivity index (χ0v) is 11.6. The van der Waals surface area contributed by atoms with Crippen LogP contribution in [0.5, 0.6) is 0 Å². The summed E-state index contributed by atoms with van der Waals surface area (Å²) >= 11 is 0. The van der Waals surface area contributed by atoms with Crippen LogP contribution in [0.2, 0.25) is 0 Å². The number of hydrogen-bond acceptors (Lipinski definition) is 6. The predicted molar refractivity (Wildman–Crippen MR) is 85.9 cm³/mol. The van der Waals surface area contributed by atoms with Gasteiger partial charge in [-0.2, -0.15) is 4.68 Å². The SMILES string of the molecule is Nn1c(Nc2ccc(Nc3ccccc3)cc2)nncc1=O. The Hall–Kier alpha value is -3.35. The minimum absolute atomic E-state index is 0.177. The summed E-state index contributed by atoms with van der Waals surface area (Å²) in [4.78, 5) is 11.4. The van der Waals surface area contributed by atoms with Crippen molar-refractivity contribution in [2.75, 3.05) is 16.5 Å². The summed E-state index contributed by atoms with van der Waals surface area (Å²) in [6, 6.07) is 17.4. The molecule has 0 atom stereocenters. The number of hydrogen-bond donors (Lipinski definition) is 3. The highest BCUT2D eigenvalue weighted by atomic mass is 16.1. The topological polar surface area (TPSA) is 97.9 Å². The van der Waals surface area contributed by atoms with Crippen LogP contribution in [0.25, 0.3) is 0 Å². The lowest BCUT2D eigenvalue weighted by Gasteiger charge is -2.10. The van der Waals surface area contributed by atoms with E-state index in [1.807, 2.05) is 54.6 Å². The Balaban J connectivity index is 1.74. The molecule has 22 heavy (non-hydrogen) atoms. The molecule has 0 radical (unpaired) electrons. The Bertz CT molecular complexity index is 813. The van der Waals surface area contributed by atoms with E-state index in [0.29, 0.717) is 0 Å². The maximum atomic E-state index is 11.4. The van der Waals surface area contributed by atoms with E-state index in [1.165, 1.54) is 0 Å². The summed E-state index contributed by atoms with van der Waals surface area (Å²) in [6.45, 7) is 0. The summed E-state index contributed by atoms with van der Waals surface area (Å²) in [6.07, 6.45) is 1.05. The molecule has 0 bridgehead atoms. The van der Waals surface area contributed by atoms with Crippen molar-refractivity contribution in [3.8, 4) is 0 Å². The van der Waals surface area contributed by atoms with Crippen molar-refractivity contribution in [1.29, 1.82) is 0 Å². The molecule has 0 fully saturated rings. The van der Waals surface area contributed by atoms with E-state index in [1.54, 1.807) is 0 Å². The van der Waals surface area contributed by atoms with Crippen LogP contribution < -0.4 is 22.0 Å². The highest BCUT2D eigenvalue weighted by Crippen LogP contribution is 2.19. The summed E-state index contributed by atoms with van der Waals surface area (Å²) in [5.74, 6) is 5.77. The molecule has 0 aliphatic rings. The van der Waals surface area contributed by atoms with Crippen molar-refractivity contribution in [1.82, 2.24) is 14.9 Å². The molecule has 0 spiro atoms. The molecule has 3 aromatic rings. The van der Waals surface area contributed by atoms with Crippen molar-refractivity contribution in [2.24, 2.45) is 0 Å². The van der Waals surface area contributed by atoms with Crippen LogP contribution in [-0.2, 0) is 0 Å². The van der Waals surface area contributed by atoms with E-state index in [4.69, 9.17) is 5.84 Å². The van der Waals surface area contributed by atoms with Crippen LogP contribution >= 0.6 is 0 Å². The number of nitrogens with one attached hydrogen (secondary N) is 2. The van der Waals surface area contributed by atoms with Gasteiger partial charge in [0.25, 0.3) is 5.56 Å². The molecule has 110 valence electrons. The van der Waals surface area contributed by atoms with Gasteiger partial charge in [0.05, 0.1) is 0 Å². The van der Waals surface area contributed by atoms with Crippen molar-refractivity contribution in [3.63, 3.8) is 0 Å². The highest BCUT2D eigenvalue weighted by molar-refractivity contribution is 5.63. The summed E-state index contributed by atoms with van der Waals surface area (Å²) in [5, 5.41) is 13.6. The van der Waals surface area contributed by atoms with E-state index in [-0.39, 0.29) is 5.95 Å². The first-order valence-corrected chi connectivity index (χ1v) is 6.61. The first-order chi connectivity index (χ1) is 10.7. The van der Waals surface area contributed by atoms with Crippen molar-refractivity contribution >= 4 is 23.0 Å². The Kier molecular flexibility index (Phi) is 3.69. The number of nitrogen functional groups attached to an aromatic ring is 1. The largest absolute Gasteiger partial charge is 0.356 e. The molecule has 0 unspecified atom stereocenters. The van der Waals surface area contributed by atoms with Crippen molar-refractivity contribution < 1.29 is 0 Å². The standard InChI is InChI=1S/C15H14N6O/c16-21-14(22)10-17-20-15(21)19-13-8-6-12(7-9-13)18-11-4-2-1-3-5-11/h1-10,18H,16H2,(H,19,20). The fraction of sp³-hybridized carbons (Fsp3) is 0. The lowest BCUT2D eigenvalue weighted by Crippen LogP contribution is -2.30. The van der Waals surface area contributed by atoms with Crippen molar-refractivity contribution in [2.45, 2.75) is 0 Å². The molecule has 0 aliphatic heterocycles. The minimum Gasteiger partial charge on any atom is -0.356 e. The lowest BCUT2D eigenvalue weighted by molar-refractivity contribution is 0.835. The molecule has 0 saturated heterocycles. The van der Waals surface area contributed by atoms with Gasteiger partial charge in [-0.05, 0) is 36.4 Å². The van der Waals surface area contributed by atoms with E-state index in [9.17, 15) is 4.79 Å². The third-order valence-corrected chi connectivity index (χ3v) is 2.99. The molecule has 3 rings (SSSR count). The van der Waals surface area contributed by atoms with Gasteiger partial charge in [-0.1, -0.05) is 18.2 Å². The van der Waals surface area contributed by atoms with Crippen molar-refractivity contribution in [3.05, 3.63) is 71.1 Å². The smallest absolute Gasteiger partial charge is 0.292 e. The number of anilines is 4. The maximum Gasteiger partial charge on any atom is 0.292 e. The molecule has 7 nitrogen and oxygen atoms in total. The van der Waals surface area contributed by atoms with E-state index < -0.39 is 5.56 Å². The van der Waals surface area contributed by atoms with Crippen LogP contribution in [0, 0.1) is 0 Å². The number of para-hydroxylation sites is 1. The van der Waals surface area contributed by atoms with Crippen LogP contribution in [-0.4, -0.2) is 14.9 Å². The van der Waals surface area contributed by atoms with Gasteiger partial charge in [-0.25, -0.2) is 0 Å². The molecule has 2 aromatic carbocycles. The first kappa shape index (κ1) is 13.6. The Morgan fingerprint density at radius 2 is 1.45 bits per heavy atom. The minimum atomic E-state index is -0.431. The Morgan fingerprint density at radius 3 is 2.14 bits per heavy atom. The average molecular weight is 294 g/mol. The normalized spacial score (nSPS) is 10.2. The van der Waals surface area contributed by atoms with Gasteiger partial charge in [0, 0.05) is 17.1 Å². The van der Waals surface area contributed by atoms with Gasteiger partial charge in [0.1, 0.15) is 6.20 Å². The molecule has 0 saturated carbocycles. The summed E-state index contributed by atoms with van der Waals surface area (Å²) in [5.41, 5.74) is 2.27. The van der Waals surface area contributed by atoms with E-state index in [2.05, 4.69) is 20.8 Å². The monoisotopic (exact) mass is 294 g/mol. The van der Waals surface area contributed by atoms with Gasteiger partial charge in [0.15, 0.2) is 0 Å². The number of rotatable bonds is 4. The molecule has 1 aromatic heterocycles. The zero-order chi connectivity index (χ0) is 15.4. The molecule has 7 heteroatoms. The van der Waals surface area contributed by atoms with Crippen LogP contribution in [0.15, 0.2) is 65.6 Å². The van der Waals surface area contributed by atoms with Gasteiger partial charge in [-0.3, -0.25) is 4.79 Å². The molecule has 4 N–H and O–H groups in total. The number of nitrogens with two attached hydrogens (primary N) is 1. The van der Waals surface area contributed by atoms with Crippen LogP contribution in [0.1, 0.15) is 0 Å². The second kappa shape index (κ2) is 5.96. The predicted octanol–water partition coefficient (Wildman–Crippen LogP) is 1.84. The van der Waals surface area contributed by atoms with E-state index >= 15 is 0 Å². The average Bonchev–Trinajstić information content (AvgIpc) is 2.55. The lowest BCUT2D eigenvalue weighted by atomic mass is 10.2. The number of nitrogens with zero attached hydrogens (tertiary/aromatic N) is 3. The Labute approximate surface area is 126 Å². The third kappa shape index (κ3) is 3.04. The summed E-state index contributed by atoms with van der Waals surface area (Å²) in [7, 11) is 0. The van der Waals surface area contributed by atoms with Gasteiger partial charge in [-0.15, -0.1) is 10.2 Å². The van der Waals surface area contributed by atoms with Gasteiger partial charge < -0.3 is 16.5 Å². The molecule has 1 heterocycles. The number of aromatic nitrogens is 3. The molecule has 0 amide bonds. The first-order valence-electron chi connectivity index (χ1n) is 6.61. The maximum absolute atomic E-state index is 11.4.